The fraction of sp³-hybridized carbons (Fsp3) is 0.0769. The first-order valence-electron chi connectivity index (χ1n) is 5.43. The third-order valence-electron chi connectivity index (χ3n) is 2.72. The van der Waals surface area contributed by atoms with Crippen molar-refractivity contribution in [1.29, 1.82) is 0 Å². The topological polar surface area (TPSA) is 39.4 Å². The SMILES string of the molecule is COc1cccn2c(-c3ccc(Br)cc3)nnc12. The van der Waals surface area contributed by atoms with E-state index in [1.807, 2.05) is 47.0 Å². The van der Waals surface area contributed by atoms with Crippen LogP contribution in [-0.2, 0) is 0 Å². The summed E-state index contributed by atoms with van der Waals surface area (Å²) in [5, 5.41) is 8.39. The van der Waals surface area contributed by atoms with Crippen LogP contribution in [0, 0.1) is 0 Å². The second-order valence-corrected chi connectivity index (χ2v) is 4.72. The van der Waals surface area contributed by atoms with Gasteiger partial charge in [0, 0.05) is 16.2 Å². The molecule has 0 amide bonds. The first kappa shape index (κ1) is 11.2. The number of benzene rings is 1. The molecule has 0 saturated heterocycles. The second kappa shape index (κ2) is 4.42. The number of fused-ring (bicyclic) bond motifs is 1. The maximum Gasteiger partial charge on any atom is 0.203 e. The van der Waals surface area contributed by atoms with Crippen LogP contribution < -0.4 is 4.74 Å². The summed E-state index contributed by atoms with van der Waals surface area (Å²) in [5.74, 6) is 1.52. The van der Waals surface area contributed by atoms with E-state index in [0.717, 1.165) is 21.5 Å². The largest absolute Gasteiger partial charge is 0.493 e. The van der Waals surface area contributed by atoms with Gasteiger partial charge in [0.1, 0.15) is 0 Å². The molecule has 0 bridgehead atoms. The van der Waals surface area contributed by atoms with Crippen molar-refractivity contribution in [2.24, 2.45) is 0 Å². The fourth-order valence-electron chi connectivity index (χ4n) is 1.85. The lowest BCUT2D eigenvalue weighted by Crippen LogP contribution is -1.91. The molecule has 2 aromatic heterocycles. The summed E-state index contributed by atoms with van der Waals surface area (Å²) in [5.41, 5.74) is 1.73. The second-order valence-electron chi connectivity index (χ2n) is 3.80. The van der Waals surface area contributed by atoms with Crippen LogP contribution in [0.1, 0.15) is 0 Å². The smallest absolute Gasteiger partial charge is 0.203 e. The van der Waals surface area contributed by atoms with Crippen molar-refractivity contribution in [2.45, 2.75) is 0 Å². The first-order valence-corrected chi connectivity index (χ1v) is 6.22. The minimum Gasteiger partial charge on any atom is -0.493 e. The van der Waals surface area contributed by atoms with Crippen LogP contribution in [0.4, 0.5) is 0 Å². The monoisotopic (exact) mass is 303 g/mol. The quantitative estimate of drug-likeness (QED) is 0.730. The molecule has 0 aliphatic carbocycles. The Balaban J connectivity index is 2.21. The van der Waals surface area contributed by atoms with Gasteiger partial charge in [-0.05, 0) is 24.3 Å². The van der Waals surface area contributed by atoms with Gasteiger partial charge in [0.2, 0.25) is 5.65 Å². The van der Waals surface area contributed by atoms with Crippen molar-refractivity contribution < 1.29 is 4.74 Å². The van der Waals surface area contributed by atoms with Gasteiger partial charge in [0.25, 0.3) is 0 Å². The average molecular weight is 304 g/mol. The molecule has 90 valence electrons. The lowest BCUT2D eigenvalue weighted by Gasteiger charge is -2.03. The number of nitrogens with zero attached hydrogens (tertiary/aromatic N) is 3. The first-order chi connectivity index (χ1) is 8.79. The average Bonchev–Trinajstić information content (AvgIpc) is 2.83. The van der Waals surface area contributed by atoms with Crippen LogP contribution in [0.3, 0.4) is 0 Å². The molecule has 0 aliphatic heterocycles. The van der Waals surface area contributed by atoms with E-state index < -0.39 is 0 Å². The van der Waals surface area contributed by atoms with Gasteiger partial charge in [-0.1, -0.05) is 28.1 Å². The molecule has 18 heavy (non-hydrogen) atoms. The molecule has 0 aliphatic rings. The van der Waals surface area contributed by atoms with E-state index in [2.05, 4.69) is 26.1 Å². The number of hydrogen-bond acceptors (Lipinski definition) is 3. The number of ether oxygens (including phenoxy) is 1. The van der Waals surface area contributed by atoms with Crippen molar-refractivity contribution >= 4 is 21.6 Å². The van der Waals surface area contributed by atoms with Crippen LogP contribution in [0.2, 0.25) is 0 Å². The summed E-state index contributed by atoms with van der Waals surface area (Å²) >= 11 is 3.42. The van der Waals surface area contributed by atoms with Crippen molar-refractivity contribution in [2.75, 3.05) is 7.11 Å². The number of aromatic nitrogens is 3. The summed E-state index contributed by atoms with van der Waals surface area (Å²) in [6.07, 6.45) is 1.93. The molecule has 1 aromatic carbocycles. The molecule has 0 atom stereocenters. The van der Waals surface area contributed by atoms with Gasteiger partial charge >= 0.3 is 0 Å². The Hall–Kier alpha value is -1.88. The predicted molar refractivity (Wildman–Crippen MR) is 72.7 cm³/mol. The highest BCUT2D eigenvalue weighted by molar-refractivity contribution is 9.10. The zero-order chi connectivity index (χ0) is 12.5. The number of halogens is 1. The molecule has 3 rings (SSSR count). The Morgan fingerprint density at radius 1 is 1.11 bits per heavy atom. The van der Waals surface area contributed by atoms with E-state index in [1.165, 1.54) is 0 Å². The Morgan fingerprint density at radius 2 is 1.89 bits per heavy atom. The normalized spacial score (nSPS) is 10.8. The van der Waals surface area contributed by atoms with Crippen molar-refractivity contribution in [3.05, 3.63) is 47.1 Å². The minimum atomic E-state index is 0.716. The molecule has 5 heteroatoms. The zero-order valence-corrected chi connectivity index (χ0v) is 11.3. The molecule has 0 N–H and O–H groups in total. The molecule has 0 spiro atoms. The van der Waals surface area contributed by atoms with Gasteiger partial charge in [-0.25, -0.2) is 0 Å². The van der Waals surface area contributed by atoms with E-state index in [4.69, 9.17) is 4.74 Å². The minimum absolute atomic E-state index is 0.716. The van der Waals surface area contributed by atoms with Gasteiger partial charge in [-0.3, -0.25) is 4.40 Å². The summed E-state index contributed by atoms with van der Waals surface area (Å²) in [7, 11) is 1.63. The Labute approximate surface area is 112 Å². The van der Waals surface area contributed by atoms with Crippen LogP contribution in [0.25, 0.3) is 17.0 Å². The van der Waals surface area contributed by atoms with Crippen LogP contribution in [-0.4, -0.2) is 21.7 Å². The van der Waals surface area contributed by atoms with Gasteiger partial charge in [0.15, 0.2) is 11.6 Å². The molecular formula is C13H10BrN3O. The van der Waals surface area contributed by atoms with Crippen molar-refractivity contribution in [3.63, 3.8) is 0 Å². The highest BCUT2D eigenvalue weighted by atomic mass is 79.9. The van der Waals surface area contributed by atoms with Crippen molar-refractivity contribution in [3.8, 4) is 17.1 Å². The van der Waals surface area contributed by atoms with Crippen LogP contribution in [0.5, 0.6) is 5.75 Å². The highest BCUT2D eigenvalue weighted by Gasteiger charge is 2.10. The Morgan fingerprint density at radius 3 is 2.61 bits per heavy atom. The van der Waals surface area contributed by atoms with Crippen LogP contribution in [0.15, 0.2) is 47.1 Å². The zero-order valence-electron chi connectivity index (χ0n) is 9.67. The third kappa shape index (κ3) is 1.76. The maximum absolute atomic E-state index is 5.26. The summed E-state index contributed by atoms with van der Waals surface area (Å²) in [6, 6.07) is 11.8. The number of methoxy groups -OCH3 is 1. The Kier molecular flexibility index (Phi) is 2.76. The molecular weight excluding hydrogens is 294 g/mol. The molecule has 0 fully saturated rings. The summed E-state index contributed by atoms with van der Waals surface area (Å²) < 4.78 is 8.22. The van der Waals surface area contributed by atoms with Gasteiger partial charge in [0.05, 0.1) is 7.11 Å². The van der Waals surface area contributed by atoms with E-state index in [0.29, 0.717) is 5.75 Å². The fourth-order valence-corrected chi connectivity index (χ4v) is 2.11. The standard InChI is InChI=1S/C13H10BrN3O/c1-18-11-3-2-8-17-12(15-16-13(11)17)9-4-6-10(14)7-5-9/h2-8H,1H3. The summed E-state index contributed by atoms with van der Waals surface area (Å²) in [4.78, 5) is 0. The molecule has 0 unspecified atom stereocenters. The number of pyridine rings is 1. The number of rotatable bonds is 2. The van der Waals surface area contributed by atoms with E-state index in [-0.39, 0.29) is 0 Å². The Bertz CT molecular complexity index is 691. The van der Waals surface area contributed by atoms with Crippen LogP contribution >= 0.6 is 15.9 Å². The molecule has 0 radical (unpaired) electrons. The van der Waals surface area contributed by atoms with Gasteiger partial charge < -0.3 is 4.74 Å². The number of hydrogen-bond donors (Lipinski definition) is 0. The third-order valence-corrected chi connectivity index (χ3v) is 3.25. The van der Waals surface area contributed by atoms with E-state index >= 15 is 0 Å². The molecule has 4 nitrogen and oxygen atoms in total. The lowest BCUT2D eigenvalue weighted by atomic mass is 10.2. The predicted octanol–water partition coefficient (Wildman–Crippen LogP) is 3.17. The van der Waals surface area contributed by atoms with Gasteiger partial charge in [-0.15, -0.1) is 10.2 Å². The molecule has 3 aromatic rings. The summed E-state index contributed by atoms with van der Waals surface area (Å²) in [6.45, 7) is 0. The molecule has 2 heterocycles. The van der Waals surface area contributed by atoms with E-state index in [1.54, 1.807) is 7.11 Å². The van der Waals surface area contributed by atoms with Crippen molar-refractivity contribution in [1.82, 2.24) is 14.6 Å². The maximum atomic E-state index is 5.26. The highest BCUT2D eigenvalue weighted by Crippen LogP contribution is 2.24. The lowest BCUT2D eigenvalue weighted by molar-refractivity contribution is 0.417. The molecule has 0 saturated carbocycles. The van der Waals surface area contributed by atoms with E-state index in [9.17, 15) is 0 Å². The van der Waals surface area contributed by atoms with Gasteiger partial charge in [-0.2, -0.15) is 0 Å².